The Balaban J connectivity index is 1.95. The van der Waals surface area contributed by atoms with Gasteiger partial charge in [-0.1, -0.05) is 6.92 Å². The zero-order valence-electron chi connectivity index (χ0n) is 11.7. The van der Waals surface area contributed by atoms with E-state index in [1.54, 1.807) is 7.11 Å². The molecule has 0 amide bonds. The van der Waals surface area contributed by atoms with Crippen molar-refractivity contribution in [2.75, 3.05) is 19.0 Å². The molecule has 1 heterocycles. The minimum atomic E-state index is -3.55. The van der Waals surface area contributed by atoms with Crippen LogP contribution in [0, 0.1) is 0 Å². The number of aromatic nitrogens is 2. The molecular formula is C12H20N4O3S. The zero-order valence-corrected chi connectivity index (χ0v) is 12.5. The van der Waals surface area contributed by atoms with Crippen molar-refractivity contribution >= 4 is 16.0 Å². The highest BCUT2D eigenvalue weighted by atomic mass is 32.2. The smallest absolute Gasteiger partial charge is 0.243 e. The SMILES string of the molecule is CCCNc1ncc(S(=O)(=O)NC2CC(OC)C2)cn1. The number of hydrogen-bond acceptors (Lipinski definition) is 6. The summed E-state index contributed by atoms with van der Waals surface area (Å²) in [5.41, 5.74) is 0. The summed E-state index contributed by atoms with van der Waals surface area (Å²) in [6.45, 7) is 2.78. The minimum absolute atomic E-state index is 0.0668. The molecule has 8 heteroatoms. The third-order valence-corrected chi connectivity index (χ3v) is 4.70. The van der Waals surface area contributed by atoms with E-state index in [1.807, 2.05) is 6.92 Å². The lowest BCUT2D eigenvalue weighted by Gasteiger charge is -2.34. The molecule has 1 aliphatic rings. The predicted molar refractivity (Wildman–Crippen MR) is 75.0 cm³/mol. The van der Waals surface area contributed by atoms with Crippen molar-refractivity contribution in [1.29, 1.82) is 0 Å². The summed E-state index contributed by atoms with van der Waals surface area (Å²) in [6.07, 6.45) is 5.14. The molecule has 20 heavy (non-hydrogen) atoms. The van der Waals surface area contributed by atoms with E-state index in [-0.39, 0.29) is 17.0 Å². The van der Waals surface area contributed by atoms with Crippen LogP contribution >= 0.6 is 0 Å². The van der Waals surface area contributed by atoms with Gasteiger partial charge in [-0.15, -0.1) is 0 Å². The number of anilines is 1. The van der Waals surface area contributed by atoms with E-state index < -0.39 is 10.0 Å². The van der Waals surface area contributed by atoms with Gasteiger partial charge in [0.1, 0.15) is 4.90 Å². The van der Waals surface area contributed by atoms with Crippen LogP contribution in [0.2, 0.25) is 0 Å². The standard InChI is InChI=1S/C12H20N4O3S/c1-3-4-13-12-14-7-11(8-15-12)20(17,18)16-9-5-10(6-9)19-2/h7-10,16H,3-6H2,1-2H3,(H,13,14,15). The van der Waals surface area contributed by atoms with E-state index in [9.17, 15) is 8.42 Å². The van der Waals surface area contributed by atoms with Crippen molar-refractivity contribution in [2.24, 2.45) is 0 Å². The van der Waals surface area contributed by atoms with Gasteiger partial charge in [0.2, 0.25) is 16.0 Å². The van der Waals surface area contributed by atoms with Crippen LogP contribution in [0.1, 0.15) is 26.2 Å². The molecule has 0 spiro atoms. The molecule has 0 aromatic carbocycles. The number of methoxy groups -OCH3 is 1. The van der Waals surface area contributed by atoms with E-state index in [1.165, 1.54) is 12.4 Å². The Morgan fingerprint density at radius 1 is 1.35 bits per heavy atom. The van der Waals surface area contributed by atoms with E-state index in [4.69, 9.17) is 4.74 Å². The number of ether oxygens (including phenoxy) is 1. The molecule has 0 unspecified atom stereocenters. The van der Waals surface area contributed by atoms with E-state index in [0.29, 0.717) is 18.8 Å². The Bertz CT molecular complexity index is 526. The first-order valence-electron chi connectivity index (χ1n) is 6.66. The molecule has 0 aliphatic heterocycles. The Hall–Kier alpha value is -1.25. The van der Waals surface area contributed by atoms with Crippen molar-refractivity contribution < 1.29 is 13.2 Å². The fourth-order valence-electron chi connectivity index (χ4n) is 1.92. The maximum absolute atomic E-state index is 12.1. The number of nitrogens with one attached hydrogen (secondary N) is 2. The molecule has 112 valence electrons. The first-order chi connectivity index (χ1) is 9.55. The average molecular weight is 300 g/mol. The molecule has 1 saturated carbocycles. The number of sulfonamides is 1. The van der Waals surface area contributed by atoms with Crippen LogP contribution in [0.3, 0.4) is 0 Å². The molecule has 1 aromatic rings. The fraction of sp³-hybridized carbons (Fsp3) is 0.667. The van der Waals surface area contributed by atoms with Gasteiger partial charge in [0.05, 0.1) is 18.5 Å². The highest BCUT2D eigenvalue weighted by Crippen LogP contribution is 2.24. The van der Waals surface area contributed by atoms with Crippen LogP contribution in [0.4, 0.5) is 5.95 Å². The Morgan fingerprint density at radius 3 is 2.55 bits per heavy atom. The second-order valence-electron chi connectivity index (χ2n) is 4.82. The highest BCUT2D eigenvalue weighted by Gasteiger charge is 2.32. The molecule has 2 rings (SSSR count). The fourth-order valence-corrected chi connectivity index (χ4v) is 3.08. The van der Waals surface area contributed by atoms with Gasteiger partial charge >= 0.3 is 0 Å². The van der Waals surface area contributed by atoms with Gasteiger partial charge in [0.25, 0.3) is 0 Å². The topological polar surface area (TPSA) is 93.2 Å². The summed E-state index contributed by atoms with van der Waals surface area (Å²) < 4.78 is 32.0. The number of hydrogen-bond donors (Lipinski definition) is 2. The van der Waals surface area contributed by atoms with Crippen molar-refractivity contribution in [3.63, 3.8) is 0 Å². The van der Waals surface area contributed by atoms with Crippen LogP contribution < -0.4 is 10.0 Å². The number of rotatable bonds is 7. The molecule has 1 aliphatic carbocycles. The summed E-state index contributed by atoms with van der Waals surface area (Å²) >= 11 is 0. The lowest BCUT2D eigenvalue weighted by atomic mass is 9.90. The quantitative estimate of drug-likeness (QED) is 0.772. The maximum Gasteiger partial charge on any atom is 0.243 e. The Kier molecular flexibility index (Phi) is 4.90. The van der Waals surface area contributed by atoms with E-state index in [2.05, 4.69) is 20.0 Å². The van der Waals surface area contributed by atoms with E-state index in [0.717, 1.165) is 13.0 Å². The molecule has 0 bridgehead atoms. The maximum atomic E-state index is 12.1. The number of nitrogens with zero attached hydrogens (tertiary/aromatic N) is 2. The molecule has 0 saturated heterocycles. The lowest BCUT2D eigenvalue weighted by molar-refractivity contribution is 0.0236. The molecule has 0 radical (unpaired) electrons. The summed E-state index contributed by atoms with van der Waals surface area (Å²) in [7, 11) is -1.92. The second kappa shape index (κ2) is 6.47. The highest BCUT2D eigenvalue weighted by molar-refractivity contribution is 7.89. The van der Waals surface area contributed by atoms with Crippen molar-refractivity contribution in [2.45, 2.75) is 43.2 Å². The third-order valence-electron chi connectivity index (χ3n) is 3.22. The third kappa shape index (κ3) is 3.65. The molecule has 0 atom stereocenters. The van der Waals surface area contributed by atoms with Gasteiger partial charge in [-0.25, -0.2) is 23.1 Å². The summed E-state index contributed by atoms with van der Waals surface area (Å²) in [5, 5.41) is 3.00. The van der Waals surface area contributed by atoms with Gasteiger partial charge in [-0.2, -0.15) is 0 Å². The van der Waals surface area contributed by atoms with Crippen LogP contribution in [0.5, 0.6) is 0 Å². The predicted octanol–water partition coefficient (Wildman–Crippen LogP) is 0.754. The normalized spacial score (nSPS) is 22.3. The molecular weight excluding hydrogens is 280 g/mol. The van der Waals surface area contributed by atoms with Crippen LogP contribution in [-0.2, 0) is 14.8 Å². The second-order valence-corrected chi connectivity index (χ2v) is 6.53. The van der Waals surface area contributed by atoms with Gasteiger partial charge in [0, 0.05) is 19.7 Å². The van der Waals surface area contributed by atoms with Crippen molar-refractivity contribution in [3.05, 3.63) is 12.4 Å². The Morgan fingerprint density at radius 2 is 2.00 bits per heavy atom. The molecule has 7 nitrogen and oxygen atoms in total. The van der Waals surface area contributed by atoms with E-state index >= 15 is 0 Å². The summed E-state index contributed by atoms with van der Waals surface area (Å²) in [4.78, 5) is 8.08. The largest absolute Gasteiger partial charge is 0.381 e. The summed E-state index contributed by atoms with van der Waals surface area (Å²) in [5.74, 6) is 0.439. The lowest BCUT2D eigenvalue weighted by Crippen LogP contribution is -2.47. The van der Waals surface area contributed by atoms with Gasteiger partial charge in [0.15, 0.2) is 0 Å². The van der Waals surface area contributed by atoms with Crippen molar-refractivity contribution in [3.8, 4) is 0 Å². The van der Waals surface area contributed by atoms with Crippen molar-refractivity contribution in [1.82, 2.24) is 14.7 Å². The monoisotopic (exact) mass is 300 g/mol. The van der Waals surface area contributed by atoms with Crippen LogP contribution in [-0.4, -0.2) is 44.2 Å². The first kappa shape index (κ1) is 15.1. The molecule has 2 N–H and O–H groups in total. The first-order valence-corrected chi connectivity index (χ1v) is 8.14. The van der Waals surface area contributed by atoms with Gasteiger partial charge in [-0.05, 0) is 19.3 Å². The summed E-state index contributed by atoms with van der Waals surface area (Å²) in [6, 6.07) is -0.0668. The van der Waals surface area contributed by atoms with Gasteiger partial charge in [-0.3, -0.25) is 0 Å². The average Bonchev–Trinajstić information content (AvgIpc) is 2.40. The molecule has 1 aromatic heterocycles. The molecule has 1 fully saturated rings. The van der Waals surface area contributed by atoms with Gasteiger partial charge < -0.3 is 10.1 Å². The van der Waals surface area contributed by atoms with Crippen LogP contribution in [0.15, 0.2) is 17.3 Å². The Labute approximate surface area is 119 Å². The zero-order chi connectivity index (χ0) is 14.6. The minimum Gasteiger partial charge on any atom is -0.381 e. The van der Waals surface area contributed by atoms with Crippen LogP contribution in [0.25, 0.3) is 0 Å².